The van der Waals surface area contributed by atoms with Crippen LogP contribution in [0.4, 0.5) is 29.9 Å². The van der Waals surface area contributed by atoms with Crippen LogP contribution in [-0.4, -0.2) is 77.7 Å². The van der Waals surface area contributed by atoms with Gasteiger partial charge in [0.1, 0.15) is 29.1 Å². The third-order valence-electron chi connectivity index (χ3n) is 6.97. The van der Waals surface area contributed by atoms with Crippen molar-refractivity contribution >= 4 is 39.7 Å². The van der Waals surface area contributed by atoms with Crippen molar-refractivity contribution in [2.75, 3.05) is 31.2 Å². The molecule has 2 N–H and O–H groups in total. The van der Waals surface area contributed by atoms with Crippen LogP contribution < -0.4 is 15.5 Å². The fourth-order valence-electron chi connectivity index (χ4n) is 4.88. The van der Waals surface area contributed by atoms with Gasteiger partial charge in [-0.3, -0.25) is 29.2 Å². The lowest BCUT2D eigenvalue weighted by Gasteiger charge is -2.42. The number of ether oxygens (including phenoxy) is 2. The molecular weight excluding hydrogens is 629 g/mol. The van der Waals surface area contributed by atoms with Crippen molar-refractivity contribution in [1.29, 1.82) is 0 Å². The Balaban J connectivity index is 1.84. The van der Waals surface area contributed by atoms with E-state index in [0.29, 0.717) is 38.2 Å². The minimum absolute atomic E-state index is 0.127. The Bertz CT molecular complexity index is 1440. The largest absolute Gasteiger partial charge is 0.444 e. The van der Waals surface area contributed by atoms with Crippen LogP contribution in [0.25, 0.3) is 0 Å². The van der Waals surface area contributed by atoms with Crippen LogP contribution in [0.1, 0.15) is 45.2 Å². The molecule has 0 radical (unpaired) electrons. The summed E-state index contributed by atoms with van der Waals surface area (Å²) in [6.07, 6.45) is 2.52. The molecule has 248 valence electrons. The van der Waals surface area contributed by atoms with Crippen LogP contribution in [0.5, 0.6) is 0 Å². The Morgan fingerprint density at radius 3 is 2.29 bits per heavy atom. The molecule has 2 aromatic rings. The topological polar surface area (TPSA) is 130 Å². The standard InChI is InChI=1S/C28H34F5N5O6S/c1-28(2,3)44-27(42)37-17-23(39)35-16-22(37)26(41)38(20-6-8-21(9-7-20)45(29,30,31,32)33)24(18-5-4-12-34-15-18)25(40)36-19-10-13-43-14-11-19/h4-9,12,15,19,22,24H,10-11,13-14,16-17H2,1-3H3,(H,35,39)(H,36,40). The molecule has 3 heterocycles. The van der Waals surface area contributed by atoms with Gasteiger partial charge in [0.15, 0.2) is 0 Å². The summed E-state index contributed by atoms with van der Waals surface area (Å²) in [6.45, 7) is 4.37. The highest BCUT2D eigenvalue weighted by Crippen LogP contribution is 3.02. The van der Waals surface area contributed by atoms with Crippen molar-refractivity contribution < 1.29 is 48.1 Å². The molecule has 0 bridgehead atoms. The predicted octanol–water partition coefficient (Wildman–Crippen LogP) is 4.84. The van der Waals surface area contributed by atoms with E-state index >= 15 is 0 Å². The first-order valence-electron chi connectivity index (χ1n) is 13.9. The van der Waals surface area contributed by atoms with Crippen LogP contribution >= 0.6 is 10.2 Å². The molecule has 4 amide bonds. The number of aromatic nitrogens is 1. The Morgan fingerprint density at radius 1 is 1.09 bits per heavy atom. The van der Waals surface area contributed by atoms with Gasteiger partial charge in [-0.15, -0.1) is 0 Å². The summed E-state index contributed by atoms with van der Waals surface area (Å²) in [7, 11) is -10.1. The Kier molecular flexibility index (Phi) is 8.84. The lowest BCUT2D eigenvalue weighted by Crippen LogP contribution is -2.63. The van der Waals surface area contributed by atoms with Gasteiger partial charge < -0.3 is 20.1 Å². The van der Waals surface area contributed by atoms with E-state index in [9.17, 15) is 38.6 Å². The molecule has 2 aliphatic heterocycles. The number of hydrogen-bond acceptors (Lipinski definition) is 7. The molecule has 4 rings (SSSR count). The molecule has 17 heteroatoms. The summed E-state index contributed by atoms with van der Waals surface area (Å²) in [6, 6.07) is 1.03. The first-order valence-corrected chi connectivity index (χ1v) is 15.9. The number of nitrogens with one attached hydrogen (secondary N) is 2. The third-order valence-corrected chi connectivity index (χ3v) is 8.13. The van der Waals surface area contributed by atoms with Crippen LogP contribution in [0, 0.1) is 0 Å². The average Bonchev–Trinajstić information content (AvgIpc) is 2.94. The van der Waals surface area contributed by atoms with Crippen molar-refractivity contribution in [1.82, 2.24) is 20.5 Å². The highest BCUT2D eigenvalue weighted by molar-refractivity contribution is 8.45. The van der Waals surface area contributed by atoms with Crippen LogP contribution in [0.3, 0.4) is 0 Å². The summed E-state index contributed by atoms with van der Waals surface area (Å²) in [5, 5.41) is 5.31. The van der Waals surface area contributed by atoms with Crippen molar-refractivity contribution in [2.45, 2.75) is 62.2 Å². The van der Waals surface area contributed by atoms with E-state index in [-0.39, 0.29) is 29.4 Å². The number of hydrogen-bond donors (Lipinski definition) is 2. The number of nitrogens with zero attached hydrogens (tertiary/aromatic N) is 3. The van der Waals surface area contributed by atoms with Gasteiger partial charge >= 0.3 is 16.3 Å². The van der Waals surface area contributed by atoms with Crippen molar-refractivity contribution in [3.05, 3.63) is 54.4 Å². The summed E-state index contributed by atoms with van der Waals surface area (Å²) in [4.78, 5) is 57.3. The van der Waals surface area contributed by atoms with E-state index in [1.165, 1.54) is 24.5 Å². The van der Waals surface area contributed by atoms with Crippen molar-refractivity contribution in [3.8, 4) is 0 Å². The average molecular weight is 664 g/mol. The van der Waals surface area contributed by atoms with Crippen LogP contribution in [0.15, 0.2) is 53.7 Å². The van der Waals surface area contributed by atoms with E-state index < -0.39 is 69.7 Å². The quantitative estimate of drug-likeness (QED) is 0.406. The lowest BCUT2D eigenvalue weighted by molar-refractivity contribution is -0.133. The number of anilines is 1. The summed E-state index contributed by atoms with van der Waals surface area (Å²) in [5.74, 6) is -2.36. The van der Waals surface area contributed by atoms with Crippen molar-refractivity contribution in [2.24, 2.45) is 0 Å². The minimum Gasteiger partial charge on any atom is -0.444 e. The normalized spacial score (nSPS) is 20.2. The third kappa shape index (κ3) is 8.59. The molecule has 0 aliphatic carbocycles. The molecule has 2 unspecified atom stereocenters. The number of amides is 4. The van der Waals surface area contributed by atoms with Gasteiger partial charge in [-0.25, -0.2) is 4.79 Å². The van der Waals surface area contributed by atoms with Crippen molar-refractivity contribution in [3.63, 3.8) is 0 Å². The van der Waals surface area contributed by atoms with Crippen LogP contribution in [0.2, 0.25) is 0 Å². The fourth-order valence-corrected chi connectivity index (χ4v) is 5.53. The number of pyridine rings is 1. The maximum atomic E-state index is 14.4. The maximum Gasteiger partial charge on any atom is 0.411 e. The second kappa shape index (κ2) is 11.7. The Morgan fingerprint density at radius 2 is 1.73 bits per heavy atom. The second-order valence-corrected chi connectivity index (χ2v) is 14.1. The molecule has 0 saturated carbocycles. The fraction of sp³-hybridized carbons (Fsp3) is 0.464. The lowest BCUT2D eigenvalue weighted by atomic mass is 10.0. The molecule has 11 nitrogen and oxygen atoms in total. The van der Waals surface area contributed by atoms with Gasteiger partial charge in [0, 0.05) is 49.4 Å². The molecule has 2 aliphatic rings. The van der Waals surface area contributed by atoms with E-state index in [0.717, 1.165) is 9.80 Å². The number of benzene rings is 1. The Hall–Kier alpha value is -3.99. The van der Waals surface area contributed by atoms with Gasteiger partial charge in [-0.1, -0.05) is 25.5 Å². The number of carbonyl (C=O) groups is 4. The minimum atomic E-state index is -10.1. The highest BCUT2D eigenvalue weighted by atomic mass is 32.5. The predicted molar refractivity (Wildman–Crippen MR) is 154 cm³/mol. The first kappa shape index (κ1) is 33.9. The van der Waals surface area contributed by atoms with Gasteiger partial charge in [0.05, 0.1) is 0 Å². The zero-order chi connectivity index (χ0) is 33.3. The monoisotopic (exact) mass is 663 g/mol. The molecule has 1 aromatic carbocycles. The summed E-state index contributed by atoms with van der Waals surface area (Å²) >= 11 is 0. The summed E-state index contributed by atoms with van der Waals surface area (Å²) in [5.41, 5.74) is -1.25. The molecule has 2 saturated heterocycles. The number of carbonyl (C=O) groups excluding carboxylic acids is 4. The molecule has 2 fully saturated rings. The second-order valence-electron chi connectivity index (χ2n) is 11.7. The smallest absolute Gasteiger partial charge is 0.411 e. The molecular formula is C28H34F5N5O6S. The molecule has 2 atom stereocenters. The molecule has 1 aromatic heterocycles. The Labute approximate surface area is 256 Å². The maximum absolute atomic E-state index is 14.4. The SMILES string of the molecule is CC(C)(C)OC(=O)N1CC(=O)NCC1C(=O)N(c1ccc(S(F)(F)(F)(F)F)cc1)C(C(=O)NC1CCOCC1)c1cccnc1. The molecule has 45 heavy (non-hydrogen) atoms. The van der Waals surface area contributed by atoms with Crippen LogP contribution in [-0.2, 0) is 23.9 Å². The number of halogens is 5. The summed E-state index contributed by atoms with van der Waals surface area (Å²) < 4.78 is 78.7. The van der Waals surface area contributed by atoms with Gasteiger partial charge in [0.25, 0.3) is 5.91 Å². The highest BCUT2D eigenvalue weighted by Gasteiger charge is 2.65. The zero-order valence-electron chi connectivity index (χ0n) is 24.7. The molecule has 0 spiro atoms. The van der Waals surface area contributed by atoms with E-state index in [1.54, 1.807) is 20.8 Å². The zero-order valence-corrected chi connectivity index (χ0v) is 25.5. The van der Waals surface area contributed by atoms with E-state index in [1.807, 2.05) is 0 Å². The van der Waals surface area contributed by atoms with E-state index in [2.05, 4.69) is 15.6 Å². The van der Waals surface area contributed by atoms with E-state index in [4.69, 9.17) is 9.47 Å². The van der Waals surface area contributed by atoms with Gasteiger partial charge in [-0.2, -0.15) is 0 Å². The first-order chi connectivity index (χ1) is 20.7. The van der Waals surface area contributed by atoms with Gasteiger partial charge in [0.2, 0.25) is 11.8 Å². The number of piperazine rings is 1. The number of rotatable bonds is 7. The van der Waals surface area contributed by atoms with Gasteiger partial charge in [-0.05, 0) is 63.9 Å².